The number of carbonyl (C=O) groups excluding carboxylic acids is 1. The van der Waals surface area contributed by atoms with Crippen LogP contribution in [0.3, 0.4) is 0 Å². The van der Waals surface area contributed by atoms with Gasteiger partial charge in [0.15, 0.2) is 0 Å². The van der Waals surface area contributed by atoms with Crippen molar-refractivity contribution < 1.29 is 9.53 Å². The molecule has 0 saturated carbocycles. The second-order valence-corrected chi connectivity index (χ2v) is 6.59. The van der Waals surface area contributed by atoms with Gasteiger partial charge in [-0.3, -0.25) is 4.68 Å². The van der Waals surface area contributed by atoms with E-state index in [1.54, 1.807) is 11.1 Å². The van der Waals surface area contributed by atoms with Gasteiger partial charge in [-0.15, -0.1) is 0 Å². The summed E-state index contributed by atoms with van der Waals surface area (Å²) in [6.07, 6.45) is 4.57. The summed E-state index contributed by atoms with van der Waals surface area (Å²) in [6, 6.07) is 2.01. The molecule has 0 aromatic carbocycles. The van der Waals surface area contributed by atoms with Crippen LogP contribution < -0.4 is 5.32 Å². The zero-order valence-corrected chi connectivity index (χ0v) is 13.9. The third-order valence-electron chi connectivity index (χ3n) is 3.54. The van der Waals surface area contributed by atoms with Gasteiger partial charge in [0.1, 0.15) is 5.60 Å². The molecule has 1 aliphatic rings. The van der Waals surface area contributed by atoms with Crippen molar-refractivity contribution in [2.24, 2.45) is 7.05 Å². The second kappa shape index (κ2) is 6.96. The van der Waals surface area contributed by atoms with Crippen molar-refractivity contribution in [1.82, 2.24) is 20.0 Å². The summed E-state index contributed by atoms with van der Waals surface area (Å²) in [7, 11) is 1.94. The molecule has 0 unspecified atom stereocenters. The van der Waals surface area contributed by atoms with Crippen LogP contribution in [-0.4, -0.2) is 46.0 Å². The van der Waals surface area contributed by atoms with Gasteiger partial charge in [-0.1, -0.05) is 11.6 Å². The molecule has 22 heavy (non-hydrogen) atoms. The van der Waals surface area contributed by atoms with E-state index in [0.29, 0.717) is 13.1 Å². The highest BCUT2D eigenvalue weighted by molar-refractivity contribution is 5.68. The molecule has 6 nitrogen and oxygen atoms in total. The minimum atomic E-state index is -0.439. The lowest BCUT2D eigenvalue weighted by atomic mass is 10.1. The Morgan fingerprint density at radius 1 is 1.41 bits per heavy atom. The van der Waals surface area contributed by atoms with Gasteiger partial charge in [-0.2, -0.15) is 5.10 Å². The number of carbonyl (C=O) groups is 1. The maximum absolute atomic E-state index is 12.0. The first-order valence-corrected chi connectivity index (χ1v) is 7.68. The number of hydrogen-bond acceptors (Lipinski definition) is 4. The van der Waals surface area contributed by atoms with Crippen molar-refractivity contribution in [3.8, 4) is 0 Å². The summed E-state index contributed by atoms with van der Waals surface area (Å²) in [4.78, 5) is 13.7. The Morgan fingerprint density at radius 3 is 2.73 bits per heavy atom. The van der Waals surface area contributed by atoms with E-state index in [-0.39, 0.29) is 6.09 Å². The molecule has 1 aromatic heterocycles. The van der Waals surface area contributed by atoms with Crippen LogP contribution in [-0.2, 0) is 18.3 Å². The van der Waals surface area contributed by atoms with Gasteiger partial charge in [-0.25, -0.2) is 4.79 Å². The number of rotatable bonds is 4. The van der Waals surface area contributed by atoms with Gasteiger partial charge in [0.2, 0.25) is 0 Å². The normalized spacial score (nSPS) is 15.6. The van der Waals surface area contributed by atoms with Crippen LogP contribution >= 0.6 is 0 Å². The summed E-state index contributed by atoms with van der Waals surface area (Å²) in [6.45, 7) is 8.64. The quantitative estimate of drug-likeness (QED) is 0.865. The van der Waals surface area contributed by atoms with Crippen LogP contribution in [0.15, 0.2) is 23.9 Å². The average molecular weight is 306 g/mol. The average Bonchev–Trinajstić information content (AvgIpc) is 2.83. The Kier molecular flexibility index (Phi) is 5.24. The molecule has 0 saturated heterocycles. The van der Waals surface area contributed by atoms with Gasteiger partial charge in [0.25, 0.3) is 0 Å². The van der Waals surface area contributed by atoms with Crippen molar-refractivity contribution in [1.29, 1.82) is 0 Å². The molecule has 2 heterocycles. The highest BCUT2D eigenvalue weighted by atomic mass is 16.6. The number of nitrogens with one attached hydrogen (secondary N) is 1. The molecule has 122 valence electrons. The lowest BCUT2D eigenvalue weighted by Crippen LogP contribution is -2.39. The van der Waals surface area contributed by atoms with Crippen LogP contribution in [0.2, 0.25) is 0 Å². The molecule has 0 spiro atoms. The summed E-state index contributed by atoms with van der Waals surface area (Å²) in [5, 5.41) is 7.56. The molecular formula is C16H26N4O2. The molecule has 6 heteroatoms. The first-order chi connectivity index (χ1) is 10.3. The molecule has 0 atom stereocenters. The lowest BCUT2D eigenvalue weighted by Gasteiger charge is -2.29. The second-order valence-electron chi connectivity index (χ2n) is 6.59. The first-order valence-electron chi connectivity index (χ1n) is 7.68. The molecule has 2 rings (SSSR count). The number of aryl methyl sites for hydroxylation is 1. The fourth-order valence-corrected chi connectivity index (χ4v) is 2.29. The predicted molar refractivity (Wildman–Crippen MR) is 85.4 cm³/mol. The largest absolute Gasteiger partial charge is 0.444 e. The summed E-state index contributed by atoms with van der Waals surface area (Å²) < 4.78 is 7.26. The third-order valence-corrected chi connectivity index (χ3v) is 3.54. The van der Waals surface area contributed by atoms with Crippen LogP contribution in [0, 0.1) is 0 Å². The Labute approximate surface area is 132 Å². The minimum Gasteiger partial charge on any atom is -0.444 e. The predicted octanol–water partition coefficient (Wildman–Crippen LogP) is 2.08. The smallest absolute Gasteiger partial charge is 0.410 e. The van der Waals surface area contributed by atoms with E-state index < -0.39 is 5.60 Å². The molecule has 0 bridgehead atoms. The van der Waals surface area contributed by atoms with E-state index in [0.717, 1.165) is 25.2 Å². The Bertz CT molecular complexity index is 543. The van der Waals surface area contributed by atoms with Crippen LogP contribution in [0.1, 0.15) is 32.9 Å². The van der Waals surface area contributed by atoms with Crippen molar-refractivity contribution in [2.75, 3.05) is 19.6 Å². The fraction of sp³-hybridized carbons (Fsp3) is 0.625. The highest BCUT2D eigenvalue weighted by Crippen LogP contribution is 2.15. The van der Waals surface area contributed by atoms with E-state index >= 15 is 0 Å². The van der Waals surface area contributed by atoms with E-state index in [2.05, 4.69) is 16.5 Å². The van der Waals surface area contributed by atoms with E-state index in [9.17, 15) is 4.79 Å². The Balaban J connectivity index is 1.75. The maximum Gasteiger partial charge on any atom is 0.410 e. The molecule has 0 radical (unpaired) electrons. The monoisotopic (exact) mass is 306 g/mol. The molecular weight excluding hydrogens is 280 g/mol. The zero-order chi connectivity index (χ0) is 16.2. The lowest BCUT2D eigenvalue weighted by molar-refractivity contribution is 0.0265. The summed E-state index contributed by atoms with van der Waals surface area (Å²) in [5.41, 5.74) is 2.06. The van der Waals surface area contributed by atoms with Gasteiger partial charge >= 0.3 is 6.09 Å². The zero-order valence-electron chi connectivity index (χ0n) is 13.9. The van der Waals surface area contributed by atoms with Crippen LogP contribution in [0.4, 0.5) is 4.79 Å². The minimum absolute atomic E-state index is 0.231. The number of hydrogen-bond donors (Lipinski definition) is 1. The molecule has 1 aromatic rings. The number of amides is 1. The van der Waals surface area contributed by atoms with Crippen molar-refractivity contribution in [2.45, 2.75) is 39.3 Å². The Morgan fingerprint density at radius 2 is 2.18 bits per heavy atom. The van der Waals surface area contributed by atoms with E-state index in [1.807, 2.05) is 38.6 Å². The van der Waals surface area contributed by atoms with Crippen LogP contribution in [0.25, 0.3) is 0 Å². The van der Waals surface area contributed by atoms with E-state index in [1.165, 1.54) is 5.57 Å². The number of nitrogens with zero attached hydrogens (tertiary/aromatic N) is 3. The molecule has 0 fully saturated rings. The topological polar surface area (TPSA) is 59.4 Å². The molecule has 1 aliphatic heterocycles. The van der Waals surface area contributed by atoms with E-state index in [4.69, 9.17) is 4.74 Å². The number of ether oxygens (including phenoxy) is 1. The van der Waals surface area contributed by atoms with Crippen molar-refractivity contribution in [3.05, 3.63) is 29.6 Å². The maximum atomic E-state index is 12.0. The molecule has 0 aliphatic carbocycles. The highest BCUT2D eigenvalue weighted by Gasteiger charge is 2.23. The molecule has 1 amide bonds. The van der Waals surface area contributed by atoms with Crippen molar-refractivity contribution in [3.63, 3.8) is 0 Å². The van der Waals surface area contributed by atoms with Gasteiger partial charge in [-0.05, 0) is 33.3 Å². The van der Waals surface area contributed by atoms with Gasteiger partial charge in [0.05, 0.1) is 5.69 Å². The molecule has 1 N–H and O–H groups in total. The third kappa shape index (κ3) is 4.87. The standard InChI is InChI=1S/C16H26N4O2/c1-16(2,3)22-15(21)20-9-6-13(7-10-20)11-17-12-14-5-8-18-19(14)4/h5-6,8,17H,7,9-12H2,1-4H3. The SMILES string of the molecule is Cn1nccc1CNCC1=CCN(C(=O)OC(C)(C)C)CC1. The fourth-order valence-electron chi connectivity index (χ4n) is 2.29. The number of aromatic nitrogens is 2. The van der Waals surface area contributed by atoms with Gasteiger partial charge in [0, 0.05) is 39.4 Å². The first kappa shape index (κ1) is 16.5. The summed E-state index contributed by atoms with van der Waals surface area (Å²) in [5.74, 6) is 0. The van der Waals surface area contributed by atoms with Crippen LogP contribution in [0.5, 0.6) is 0 Å². The Hall–Kier alpha value is -1.82. The van der Waals surface area contributed by atoms with Crippen molar-refractivity contribution >= 4 is 6.09 Å². The summed E-state index contributed by atoms with van der Waals surface area (Å²) >= 11 is 0. The van der Waals surface area contributed by atoms with Gasteiger partial charge < -0.3 is 15.0 Å².